The van der Waals surface area contributed by atoms with E-state index in [1.54, 1.807) is 12.1 Å². The predicted molar refractivity (Wildman–Crippen MR) is 136 cm³/mol. The summed E-state index contributed by atoms with van der Waals surface area (Å²) in [4.78, 5) is 4.91. The molecule has 4 heteroatoms. The summed E-state index contributed by atoms with van der Waals surface area (Å²) in [5.74, 6) is -0.233. The molecule has 0 saturated carbocycles. The molecule has 0 radical (unpaired) electrons. The minimum Gasteiger partial charge on any atom is -0.237 e. The molecule has 0 saturated heterocycles. The molecule has 5 rings (SSSR count). The minimum absolute atomic E-state index is 0.233. The molecule has 0 spiro atoms. The Bertz CT molecular complexity index is 1210. The van der Waals surface area contributed by atoms with Crippen molar-refractivity contribution in [1.29, 1.82) is 0 Å². The molecule has 0 bridgehead atoms. The number of thiazole rings is 1. The van der Waals surface area contributed by atoms with Crippen molar-refractivity contribution in [2.24, 2.45) is 0 Å². The van der Waals surface area contributed by atoms with Crippen LogP contribution in [0.3, 0.4) is 0 Å². The number of halogens is 1. The van der Waals surface area contributed by atoms with E-state index in [4.69, 9.17) is 4.98 Å². The smallest absolute Gasteiger partial charge is 0.133 e. The van der Waals surface area contributed by atoms with Crippen LogP contribution in [0.25, 0.3) is 10.6 Å². The highest BCUT2D eigenvalue weighted by atomic mass is 32.1. The molecule has 0 aliphatic heterocycles. The summed E-state index contributed by atoms with van der Waals surface area (Å²) in [5.41, 5.74) is 1.56. The summed E-state index contributed by atoms with van der Waals surface area (Å²) < 4.78 is 14.4. The van der Waals surface area contributed by atoms with Crippen molar-refractivity contribution in [1.82, 2.24) is 4.98 Å². The van der Waals surface area contributed by atoms with Crippen LogP contribution in [0.4, 0.5) is 4.39 Å². The molecule has 0 unspecified atom stereocenters. The van der Waals surface area contributed by atoms with Crippen LogP contribution in [0.1, 0.15) is 5.69 Å². The van der Waals surface area contributed by atoms with Crippen LogP contribution in [-0.2, 0) is 6.16 Å². The largest absolute Gasteiger partial charge is 0.237 e. The summed E-state index contributed by atoms with van der Waals surface area (Å²) in [6, 6.07) is 39.1. The average Bonchev–Trinajstić information content (AvgIpc) is 3.33. The van der Waals surface area contributed by atoms with Crippen LogP contribution in [0, 0.1) is 5.82 Å². The molecule has 0 atom stereocenters. The fourth-order valence-corrected chi connectivity index (χ4v) is 9.25. The third-order valence-corrected chi connectivity index (χ3v) is 10.9. The second kappa shape index (κ2) is 9.16. The monoisotopic (exact) mass is 454 g/mol. The normalized spacial score (nSPS) is 11.4. The Morgan fingerprint density at radius 1 is 0.625 bits per heavy atom. The van der Waals surface area contributed by atoms with E-state index in [0.29, 0.717) is 5.56 Å². The van der Waals surface area contributed by atoms with Gasteiger partial charge in [-0.25, -0.2) is 9.37 Å². The molecule has 5 aromatic rings. The highest BCUT2D eigenvalue weighted by Crippen LogP contribution is 2.58. The van der Waals surface area contributed by atoms with Crippen molar-refractivity contribution in [3.8, 4) is 10.6 Å². The van der Waals surface area contributed by atoms with Gasteiger partial charge in [-0.3, -0.25) is 0 Å². The van der Waals surface area contributed by atoms with Crippen molar-refractivity contribution < 1.29 is 4.39 Å². The average molecular weight is 455 g/mol. The summed E-state index contributed by atoms with van der Waals surface area (Å²) in [5, 5.41) is 6.77. The summed E-state index contributed by atoms with van der Waals surface area (Å²) >= 11 is 1.51. The van der Waals surface area contributed by atoms with Crippen LogP contribution >= 0.6 is 18.6 Å². The first kappa shape index (κ1) is 20.8. The molecule has 1 aromatic heterocycles. The molecule has 4 aromatic carbocycles. The molecule has 0 fully saturated rings. The maximum absolute atomic E-state index is 14.4. The molecular weight excluding hydrogens is 432 g/mol. The molecule has 156 valence electrons. The molecule has 32 heavy (non-hydrogen) atoms. The number of nitrogens with zero attached hydrogens (tertiary/aromatic N) is 1. The number of rotatable bonds is 6. The van der Waals surface area contributed by atoms with Gasteiger partial charge in [0.1, 0.15) is 40.2 Å². The topological polar surface area (TPSA) is 12.9 Å². The van der Waals surface area contributed by atoms with Crippen LogP contribution in [0.15, 0.2) is 121 Å². The first-order valence-corrected chi connectivity index (χ1v) is 13.4. The Hall–Kier alpha value is -3.13. The van der Waals surface area contributed by atoms with Crippen LogP contribution in [-0.4, -0.2) is 4.98 Å². The number of aromatic nitrogens is 1. The second-order valence-corrected chi connectivity index (χ2v) is 11.9. The van der Waals surface area contributed by atoms with Gasteiger partial charge in [-0.1, -0.05) is 66.7 Å². The Balaban J connectivity index is 1.68. The van der Waals surface area contributed by atoms with Crippen LogP contribution < -0.4 is 15.9 Å². The van der Waals surface area contributed by atoms with Crippen molar-refractivity contribution in [3.63, 3.8) is 0 Å². The van der Waals surface area contributed by atoms with Gasteiger partial charge in [0, 0.05) is 10.9 Å². The van der Waals surface area contributed by atoms with E-state index >= 15 is 0 Å². The SMILES string of the molecule is Fc1ccccc1-c1nc(C[P+](c2ccccc2)(c2ccccc2)c2ccccc2)cs1. The number of hydrogen-bond donors (Lipinski definition) is 0. The Labute approximate surface area is 192 Å². The van der Waals surface area contributed by atoms with Gasteiger partial charge < -0.3 is 0 Å². The fourth-order valence-electron chi connectivity index (χ4n) is 4.15. The molecule has 1 nitrogen and oxygen atoms in total. The lowest BCUT2D eigenvalue weighted by molar-refractivity contribution is 0.631. The maximum Gasteiger partial charge on any atom is 0.133 e. The van der Waals surface area contributed by atoms with Gasteiger partial charge in [0.05, 0.1) is 5.69 Å². The van der Waals surface area contributed by atoms with Crippen molar-refractivity contribution in [3.05, 3.63) is 132 Å². The van der Waals surface area contributed by atoms with Gasteiger partial charge in [-0.15, -0.1) is 11.3 Å². The zero-order chi connectivity index (χ0) is 21.8. The third kappa shape index (κ3) is 3.90. The van der Waals surface area contributed by atoms with E-state index in [1.807, 2.05) is 6.07 Å². The molecule has 0 amide bonds. The van der Waals surface area contributed by atoms with Crippen LogP contribution in [0.5, 0.6) is 0 Å². The summed E-state index contributed by atoms with van der Waals surface area (Å²) in [6.45, 7) is 0. The van der Waals surface area contributed by atoms with E-state index in [-0.39, 0.29) is 5.82 Å². The van der Waals surface area contributed by atoms with Gasteiger partial charge >= 0.3 is 0 Å². The summed E-state index contributed by atoms with van der Waals surface area (Å²) in [6.07, 6.45) is 0.788. The Morgan fingerprint density at radius 2 is 1.09 bits per heavy atom. The van der Waals surface area contributed by atoms with E-state index in [2.05, 4.69) is 96.4 Å². The lowest BCUT2D eigenvalue weighted by Crippen LogP contribution is -2.32. The van der Waals surface area contributed by atoms with E-state index in [9.17, 15) is 4.39 Å². The van der Waals surface area contributed by atoms with Gasteiger partial charge in [0.25, 0.3) is 0 Å². The van der Waals surface area contributed by atoms with Gasteiger partial charge in [-0.05, 0) is 48.5 Å². The third-order valence-electron chi connectivity index (χ3n) is 5.65. The highest BCUT2D eigenvalue weighted by molar-refractivity contribution is 7.95. The van der Waals surface area contributed by atoms with Gasteiger partial charge in [0.2, 0.25) is 0 Å². The van der Waals surface area contributed by atoms with E-state index < -0.39 is 7.26 Å². The second-order valence-electron chi connectivity index (χ2n) is 7.60. The predicted octanol–water partition coefficient (Wildman–Crippen LogP) is 6.44. The standard InChI is InChI=1S/C28H22FNPS/c29-27-19-11-10-18-26(27)28-30-22(21-32-28)20-31(23-12-4-1-5-13-23,24-14-6-2-7-15-24)25-16-8-3-9-17-25/h1-19,21H,20H2/q+1. The quantitative estimate of drug-likeness (QED) is 0.269. The van der Waals surface area contributed by atoms with E-state index in [0.717, 1.165) is 16.9 Å². The van der Waals surface area contributed by atoms with Gasteiger partial charge in [-0.2, -0.15) is 0 Å². The van der Waals surface area contributed by atoms with Crippen molar-refractivity contribution in [2.75, 3.05) is 0 Å². The lowest BCUT2D eigenvalue weighted by Gasteiger charge is -2.27. The fraction of sp³-hybridized carbons (Fsp3) is 0.0357. The first-order valence-electron chi connectivity index (χ1n) is 10.5. The van der Waals surface area contributed by atoms with Crippen molar-refractivity contribution in [2.45, 2.75) is 6.16 Å². The number of benzene rings is 4. The Kier molecular flexibility index (Phi) is 5.94. The molecule has 0 N–H and O–H groups in total. The summed E-state index contributed by atoms with van der Waals surface area (Å²) in [7, 11) is -2.01. The van der Waals surface area contributed by atoms with Crippen molar-refractivity contribution >= 4 is 34.5 Å². The lowest BCUT2D eigenvalue weighted by atomic mass is 10.2. The molecule has 0 aliphatic rings. The molecule has 1 heterocycles. The van der Waals surface area contributed by atoms with E-state index in [1.165, 1.54) is 33.3 Å². The zero-order valence-electron chi connectivity index (χ0n) is 17.4. The maximum atomic E-state index is 14.4. The van der Waals surface area contributed by atoms with Gasteiger partial charge in [0.15, 0.2) is 0 Å². The first-order chi connectivity index (χ1) is 15.8. The molecular formula is C28H22FNPS+. The highest BCUT2D eigenvalue weighted by Gasteiger charge is 2.46. The number of hydrogen-bond acceptors (Lipinski definition) is 2. The van der Waals surface area contributed by atoms with Crippen LogP contribution in [0.2, 0.25) is 0 Å². The Morgan fingerprint density at radius 3 is 1.59 bits per heavy atom. The zero-order valence-corrected chi connectivity index (χ0v) is 19.1. The minimum atomic E-state index is -2.01. The molecule has 0 aliphatic carbocycles.